The highest BCUT2D eigenvalue weighted by molar-refractivity contribution is 6.09. The number of carbonyl (C=O) groups excluding carboxylic acids is 2. The van der Waals surface area contributed by atoms with Gasteiger partial charge < -0.3 is 9.47 Å². The van der Waals surface area contributed by atoms with Crippen LogP contribution >= 0.6 is 0 Å². The number of nitrogens with zero attached hydrogens (tertiary/aromatic N) is 1. The second kappa shape index (κ2) is 14.0. The van der Waals surface area contributed by atoms with Crippen LogP contribution in [0, 0.1) is 11.3 Å². The molecule has 2 aromatic carbocycles. The third-order valence-electron chi connectivity index (χ3n) is 5.23. The van der Waals surface area contributed by atoms with Gasteiger partial charge in [0.1, 0.15) is 0 Å². The second-order valence-electron chi connectivity index (χ2n) is 7.83. The fraction of sp³-hybridized carbons (Fsp3) is 0.444. The van der Waals surface area contributed by atoms with Crippen molar-refractivity contribution in [2.45, 2.75) is 71.6 Å². The summed E-state index contributed by atoms with van der Waals surface area (Å²) in [5.41, 5.74) is 1.20. The standard InChI is InChI=1S/C27H33NO4/c1-3-5-6-7-8-9-10-11-17-31-24-16-15-23(19-25(24)32-26(29)4-2)27(30)22-14-12-13-21(18-22)20-28/h12-16,18-19H,3-11,17H2,1-2H3. The van der Waals surface area contributed by atoms with Crippen molar-refractivity contribution in [2.24, 2.45) is 0 Å². The van der Waals surface area contributed by atoms with E-state index >= 15 is 0 Å². The van der Waals surface area contributed by atoms with Crippen LogP contribution in [0.1, 0.15) is 93.1 Å². The minimum Gasteiger partial charge on any atom is -0.490 e. The van der Waals surface area contributed by atoms with Gasteiger partial charge in [-0.2, -0.15) is 5.26 Å². The van der Waals surface area contributed by atoms with Gasteiger partial charge in [0.25, 0.3) is 0 Å². The fourth-order valence-electron chi connectivity index (χ4n) is 3.36. The molecule has 32 heavy (non-hydrogen) atoms. The van der Waals surface area contributed by atoms with E-state index in [-0.39, 0.29) is 18.0 Å². The molecule has 0 aliphatic rings. The number of esters is 1. The van der Waals surface area contributed by atoms with Crippen molar-refractivity contribution in [1.82, 2.24) is 0 Å². The van der Waals surface area contributed by atoms with Gasteiger partial charge in [0.05, 0.1) is 18.2 Å². The largest absolute Gasteiger partial charge is 0.490 e. The average molecular weight is 436 g/mol. The minimum atomic E-state index is -0.391. The molecule has 0 saturated carbocycles. The summed E-state index contributed by atoms with van der Waals surface area (Å²) in [5, 5.41) is 9.07. The number of hydrogen-bond acceptors (Lipinski definition) is 5. The van der Waals surface area contributed by atoms with Gasteiger partial charge in [-0.3, -0.25) is 9.59 Å². The molecule has 170 valence electrons. The molecule has 0 radical (unpaired) electrons. The number of unbranched alkanes of at least 4 members (excludes halogenated alkanes) is 7. The van der Waals surface area contributed by atoms with E-state index < -0.39 is 5.97 Å². The molecule has 2 rings (SSSR count). The van der Waals surface area contributed by atoms with E-state index in [1.165, 1.54) is 44.6 Å². The van der Waals surface area contributed by atoms with Gasteiger partial charge in [0, 0.05) is 17.5 Å². The van der Waals surface area contributed by atoms with E-state index in [1.54, 1.807) is 43.3 Å². The molecule has 0 amide bonds. The molecule has 0 heterocycles. The molecule has 0 bridgehead atoms. The van der Waals surface area contributed by atoms with Crippen LogP contribution in [0.25, 0.3) is 0 Å². The third-order valence-corrected chi connectivity index (χ3v) is 5.23. The molecule has 0 spiro atoms. The summed E-state index contributed by atoms with van der Waals surface area (Å²) >= 11 is 0. The monoisotopic (exact) mass is 435 g/mol. The van der Waals surface area contributed by atoms with Crippen LogP contribution in [-0.2, 0) is 4.79 Å². The maximum atomic E-state index is 12.9. The molecule has 5 nitrogen and oxygen atoms in total. The van der Waals surface area contributed by atoms with Crippen LogP contribution in [0.3, 0.4) is 0 Å². The zero-order chi connectivity index (χ0) is 23.2. The van der Waals surface area contributed by atoms with Gasteiger partial charge in [-0.25, -0.2) is 0 Å². The molecule has 0 aromatic heterocycles. The number of carbonyl (C=O) groups is 2. The van der Waals surface area contributed by atoms with Crippen LogP contribution in [0.4, 0.5) is 0 Å². The lowest BCUT2D eigenvalue weighted by Gasteiger charge is -2.13. The van der Waals surface area contributed by atoms with E-state index in [4.69, 9.17) is 14.7 Å². The van der Waals surface area contributed by atoms with Gasteiger partial charge in [-0.15, -0.1) is 0 Å². The van der Waals surface area contributed by atoms with Crippen molar-refractivity contribution in [3.63, 3.8) is 0 Å². The second-order valence-corrected chi connectivity index (χ2v) is 7.83. The summed E-state index contributed by atoms with van der Waals surface area (Å²) in [4.78, 5) is 24.8. The minimum absolute atomic E-state index is 0.222. The summed E-state index contributed by atoms with van der Waals surface area (Å²) in [6, 6.07) is 13.4. The normalized spacial score (nSPS) is 10.4. The molecule has 0 unspecified atom stereocenters. The summed E-state index contributed by atoms with van der Waals surface area (Å²) < 4.78 is 11.3. The Bertz CT molecular complexity index is 929. The van der Waals surface area contributed by atoms with E-state index in [2.05, 4.69) is 6.92 Å². The van der Waals surface area contributed by atoms with E-state index in [0.29, 0.717) is 29.0 Å². The smallest absolute Gasteiger partial charge is 0.311 e. The molecule has 2 aromatic rings. The van der Waals surface area contributed by atoms with Crippen molar-refractivity contribution in [2.75, 3.05) is 6.61 Å². The lowest BCUT2D eigenvalue weighted by atomic mass is 10.0. The Morgan fingerprint density at radius 1 is 0.844 bits per heavy atom. The Balaban J connectivity index is 2.00. The maximum absolute atomic E-state index is 12.9. The molecule has 0 saturated heterocycles. The first kappa shape index (κ1) is 25.1. The van der Waals surface area contributed by atoms with Crippen molar-refractivity contribution < 1.29 is 19.1 Å². The summed E-state index contributed by atoms with van der Waals surface area (Å²) in [7, 11) is 0. The van der Waals surface area contributed by atoms with Gasteiger partial charge in [-0.1, -0.05) is 70.9 Å². The van der Waals surface area contributed by atoms with Crippen molar-refractivity contribution in [3.05, 3.63) is 59.2 Å². The quantitative estimate of drug-likeness (QED) is 0.144. The molecule has 5 heteroatoms. The number of ether oxygens (including phenoxy) is 2. The van der Waals surface area contributed by atoms with Gasteiger partial charge in [0.2, 0.25) is 0 Å². The van der Waals surface area contributed by atoms with E-state index in [0.717, 1.165) is 12.8 Å². The number of ketones is 1. The average Bonchev–Trinajstić information content (AvgIpc) is 2.83. The Labute approximate surface area is 191 Å². The van der Waals surface area contributed by atoms with Crippen LogP contribution < -0.4 is 9.47 Å². The molecule has 0 atom stereocenters. The summed E-state index contributed by atoms with van der Waals surface area (Å²) in [5.74, 6) is 0.0688. The SMILES string of the molecule is CCCCCCCCCCOc1ccc(C(=O)c2cccc(C#N)c2)cc1OC(=O)CC. The molecule has 0 fully saturated rings. The first-order valence-electron chi connectivity index (χ1n) is 11.6. The number of rotatable bonds is 14. The molecular weight excluding hydrogens is 402 g/mol. The first-order chi connectivity index (χ1) is 15.6. The predicted octanol–water partition coefficient (Wildman–Crippen LogP) is 6.62. The summed E-state index contributed by atoms with van der Waals surface area (Å²) in [6.07, 6.45) is 9.87. The van der Waals surface area contributed by atoms with Crippen LogP contribution in [0.15, 0.2) is 42.5 Å². The highest BCUT2D eigenvalue weighted by atomic mass is 16.6. The Morgan fingerprint density at radius 2 is 1.53 bits per heavy atom. The van der Waals surface area contributed by atoms with Gasteiger partial charge >= 0.3 is 5.97 Å². The predicted molar refractivity (Wildman–Crippen MR) is 125 cm³/mol. The highest BCUT2D eigenvalue weighted by Gasteiger charge is 2.16. The lowest BCUT2D eigenvalue weighted by Crippen LogP contribution is -2.09. The fourth-order valence-corrected chi connectivity index (χ4v) is 3.36. The van der Waals surface area contributed by atoms with Gasteiger partial charge in [0.15, 0.2) is 17.3 Å². The molecular formula is C27H33NO4. The lowest BCUT2D eigenvalue weighted by molar-refractivity contribution is -0.134. The topological polar surface area (TPSA) is 76.4 Å². The van der Waals surface area contributed by atoms with Crippen molar-refractivity contribution >= 4 is 11.8 Å². The van der Waals surface area contributed by atoms with Crippen LogP contribution in [-0.4, -0.2) is 18.4 Å². The zero-order valence-electron chi connectivity index (χ0n) is 19.2. The maximum Gasteiger partial charge on any atom is 0.311 e. The Hall–Kier alpha value is -3.13. The van der Waals surface area contributed by atoms with Crippen molar-refractivity contribution in [1.29, 1.82) is 5.26 Å². The van der Waals surface area contributed by atoms with Crippen LogP contribution in [0.2, 0.25) is 0 Å². The van der Waals surface area contributed by atoms with Crippen LogP contribution in [0.5, 0.6) is 11.5 Å². The number of benzene rings is 2. The summed E-state index contributed by atoms with van der Waals surface area (Å²) in [6.45, 7) is 4.47. The highest BCUT2D eigenvalue weighted by Crippen LogP contribution is 2.30. The molecule has 0 aliphatic heterocycles. The Kier molecular flexibility index (Phi) is 11.0. The van der Waals surface area contributed by atoms with E-state index in [9.17, 15) is 9.59 Å². The molecule has 0 N–H and O–H groups in total. The first-order valence-corrected chi connectivity index (χ1v) is 11.6. The molecule has 0 aliphatic carbocycles. The van der Waals surface area contributed by atoms with Gasteiger partial charge in [-0.05, 0) is 36.8 Å². The van der Waals surface area contributed by atoms with E-state index in [1.807, 2.05) is 6.07 Å². The third kappa shape index (κ3) is 8.19. The zero-order valence-corrected chi connectivity index (χ0v) is 19.2. The van der Waals surface area contributed by atoms with Crippen molar-refractivity contribution in [3.8, 4) is 17.6 Å². The number of nitriles is 1. The number of hydrogen-bond donors (Lipinski definition) is 0. The Morgan fingerprint density at radius 3 is 2.22 bits per heavy atom.